The lowest BCUT2D eigenvalue weighted by atomic mass is 9.95. The highest BCUT2D eigenvalue weighted by atomic mass is 31.2. The Labute approximate surface area is 102 Å². The molecule has 0 radical (unpaired) electrons. The van der Waals surface area contributed by atoms with Crippen LogP contribution in [0.1, 0.15) is 27.2 Å². The minimum absolute atomic E-state index is 0.0965. The molecule has 3 unspecified atom stereocenters. The summed E-state index contributed by atoms with van der Waals surface area (Å²) in [5.41, 5.74) is 0. The fourth-order valence-corrected chi connectivity index (χ4v) is 3.59. The average Bonchev–Trinajstić information content (AvgIpc) is 2.65. The summed E-state index contributed by atoms with van der Waals surface area (Å²) in [6.45, 7) is 6.92. The van der Waals surface area contributed by atoms with Crippen molar-refractivity contribution in [1.82, 2.24) is 0 Å². The molecule has 17 heavy (non-hydrogen) atoms. The van der Waals surface area contributed by atoms with Crippen LogP contribution < -0.4 is 0 Å². The fourth-order valence-electron chi connectivity index (χ4n) is 1.94. The van der Waals surface area contributed by atoms with Crippen molar-refractivity contribution in [2.24, 2.45) is 11.8 Å². The lowest BCUT2D eigenvalue weighted by molar-refractivity contribution is 0.164. The molecule has 0 saturated carbocycles. The van der Waals surface area contributed by atoms with Gasteiger partial charge in [0.25, 0.3) is 0 Å². The van der Waals surface area contributed by atoms with Crippen LogP contribution in [0.2, 0.25) is 0 Å². The van der Waals surface area contributed by atoms with Gasteiger partial charge in [-0.3, -0.25) is 4.57 Å². The molecule has 0 aromatic rings. The monoisotopic (exact) mass is 268 g/mol. The molecule has 0 spiro atoms. The molecule has 1 rings (SSSR count). The van der Waals surface area contributed by atoms with E-state index in [-0.39, 0.29) is 25.6 Å². The smallest absolute Gasteiger partial charge is 0.364 e. The molecule has 0 aliphatic carbocycles. The van der Waals surface area contributed by atoms with E-state index >= 15 is 0 Å². The molecule has 1 saturated heterocycles. The van der Waals surface area contributed by atoms with Gasteiger partial charge < -0.3 is 13.8 Å². The highest BCUT2D eigenvalue weighted by Crippen LogP contribution is 2.56. The van der Waals surface area contributed by atoms with Crippen LogP contribution in [0.3, 0.4) is 0 Å². The van der Waals surface area contributed by atoms with Crippen LogP contribution in [0.25, 0.3) is 0 Å². The van der Waals surface area contributed by atoms with Gasteiger partial charge in [0.05, 0.1) is 13.2 Å². The maximum Gasteiger partial charge on any atom is 0.364 e. The maximum atomic E-state index is 14.1. The van der Waals surface area contributed by atoms with Gasteiger partial charge in [-0.2, -0.15) is 0 Å². The first-order valence-electron chi connectivity index (χ1n) is 6.14. The number of ether oxygens (including phenoxy) is 1. The van der Waals surface area contributed by atoms with Crippen LogP contribution in [0, 0.1) is 11.8 Å². The van der Waals surface area contributed by atoms with E-state index < -0.39 is 13.5 Å². The third-order valence-electron chi connectivity index (χ3n) is 2.98. The minimum Gasteiger partial charge on any atom is -0.381 e. The zero-order chi connectivity index (χ0) is 12.9. The lowest BCUT2D eigenvalue weighted by Crippen LogP contribution is -2.17. The van der Waals surface area contributed by atoms with Crippen molar-refractivity contribution < 1.29 is 22.7 Å². The van der Waals surface area contributed by atoms with Crippen molar-refractivity contribution in [2.45, 2.75) is 33.1 Å². The van der Waals surface area contributed by atoms with Crippen molar-refractivity contribution in [1.29, 1.82) is 0 Å². The van der Waals surface area contributed by atoms with Gasteiger partial charge in [-0.05, 0) is 32.1 Å². The van der Waals surface area contributed by atoms with Gasteiger partial charge in [0.15, 0.2) is 0 Å². The van der Waals surface area contributed by atoms with E-state index in [0.717, 1.165) is 0 Å². The summed E-state index contributed by atoms with van der Waals surface area (Å²) < 4.78 is 41.5. The summed E-state index contributed by atoms with van der Waals surface area (Å²) in [4.78, 5) is 0. The molecule has 0 aromatic heterocycles. The van der Waals surface area contributed by atoms with E-state index in [4.69, 9.17) is 13.8 Å². The quantitative estimate of drug-likeness (QED) is 0.665. The van der Waals surface area contributed by atoms with Crippen LogP contribution in [0.15, 0.2) is 0 Å². The molecular weight excluding hydrogens is 246 g/mol. The van der Waals surface area contributed by atoms with Gasteiger partial charge in [0, 0.05) is 13.2 Å². The molecule has 0 aromatic carbocycles. The Balaban J connectivity index is 2.58. The van der Waals surface area contributed by atoms with Gasteiger partial charge in [-0.1, -0.05) is 6.92 Å². The maximum absolute atomic E-state index is 14.1. The van der Waals surface area contributed by atoms with Gasteiger partial charge in [-0.15, -0.1) is 0 Å². The Morgan fingerprint density at radius 3 is 2.35 bits per heavy atom. The summed E-state index contributed by atoms with van der Waals surface area (Å²) in [6, 6.07) is 0. The summed E-state index contributed by atoms with van der Waals surface area (Å²) >= 11 is 0. The highest BCUT2D eigenvalue weighted by Gasteiger charge is 2.39. The van der Waals surface area contributed by atoms with E-state index in [1.165, 1.54) is 0 Å². The van der Waals surface area contributed by atoms with Crippen molar-refractivity contribution in [3.05, 3.63) is 0 Å². The molecule has 0 N–H and O–H groups in total. The van der Waals surface area contributed by atoms with Crippen molar-refractivity contribution >= 4 is 7.60 Å². The van der Waals surface area contributed by atoms with Crippen molar-refractivity contribution in [3.63, 3.8) is 0 Å². The predicted molar refractivity (Wildman–Crippen MR) is 63.8 cm³/mol. The first-order valence-corrected chi connectivity index (χ1v) is 7.75. The summed E-state index contributed by atoms with van der Waals surface area (Å²) in [6.07, 6.45) is 0.179. The molecule has 102 valence electrons. The third-order valence-corrected chi connectivity index (χ3v) is 5.11. The molecule has 1 heterocycles. The molecule has 0 amide bonds. The van der Waals surface area contributed by atoms with Crippen LogP contribution >= 0.6 is 7.60 Å². The zero-order valence-corrected chi connectivity index (χ0v) is 11.6. The number of hydrogen-bond donors (Lipinski definition) is 0. The Kier molecular flexibility index (Phi) is 6.07. The Morgan fingerprint density at radius 1 is 1.35 bits per heavy atom. The van der Waals surface area contributed by atoms with Crippen LogP contribution in [-0.2, 0) is 18.3 Å². The highest BCUT2D eigenvalue weighted by molar-refractivity contribution is 7.54. The minimum atomic E-state index is -3.61. The van der Waals surface area contributed by atoms with Crippen molar-refractivity contribution in [3.8, 4) is 0 Å². The average molecular weight is 268 g/mol. The van der Waals surface area contributed by atoms with E-state index in [1.54, 1.807) is 13.8 Å². The molecule has 4 nitrogen and oxygen atoms in total. The molecule has 3 atom stereocenters. The first-order chi connectivity index (χ1) is 8.03. The third kappa shape index (κ3) is 4.02. The second-order valence-corrected chi connectivity index (χ2v) is 6.48. The Hall–Kier alpha value is 0.0400. The summed E-state index contributed by atoms with van der Waals surface area (Å²) in [7, 11) is -3.61. The topological polar surface area (TPSA) is 44.8 Å². The molecule has 1 aliphatic heterocycles. The van der Waals surface area contributed by atoms with Gasteiger partial charge in [0.1, 0.15) is 0 Å². The van der Waals surface area contributed by atoms with Gasteiger partial charge in [-0.25, -0.2) is 4.39 Å². The molecule has 1 aliphatic rings. The molecule has 0 bridgehead atoms. The number of hydrogen-bond acceptors (Lipinski definition) is 4. The molecule has 6 heteroatoms. The van der Waals surface area contributed by atoms with Gasteiger partial charge in [0.2, 0.25) is 5.91 Å². The van der Waals surface area contributed by atoms with E-state index in [1.807, 2.05) is 6.92 Å². The van der Waals surface area contributed by atoms with Crippen LogP contribution in [-0.4, -0.2) is 32.3 Å². The van der Waals surface area contributed by atoms with E-state index in [0.29, 0.717) is 19.1 Å². The normalized spacial score (nSPS) is 27.3. The Morgan fingerprint density at radius 2 is 1.94 bits per heavy atom. The SMILES string of the molecule is CCOP(=O)(OCC)C(F)CC1COCC1C. The Bertz CT molecular complexity index is 264. The fraction of sp³-hybridized carbons (Fsp3) is 1.00. The van der Waals surface area contributed by atoms with Crippen molar-refractivity contribution in [2.75, 3.05) is 26.4 Å². The first kappa shape index (κ1) is 15.1. The standard InChI is InChI=1S/C11H22FO4P/c1-4-15-17(13,16-5-2)11(12)6-10-8-14-7-9(10)3/h9-11H,4-8H2,1-3H3. The number of halogens is 1. The van der Waals surface area contributed by atoms with Crippen LogP contribution in [0.4, 0.5) is 4.39 Å². The van der Waals surface area contributed by atoms with Gasteiger partial charge >= 0.3 is 7.60 Å². The lowest BCUT2D eigenvalue weighted by Gasteiger charge is -2.23. The zero-order valence-electron chi connectivity index (χ0n) is 10.7. The number of alkyl halides is 1. The second-order valence-electron chi connectivity index (χ2n) is 4.32. The second kappa shape index (κ2) is 6.83. The van der Waals surface area contributed by atoms with E-state index in [9.17, 15) is 8.96 Å². The predicted octanol–water partition coefficient (Wildman–Crippen LogP) is 3.22. The summed E-state index contributed by atoms with van der Waals surface area (Å²) in [5.74, 6) is -1.17. The molecule has 1 fully saturated rings. The van der Waals surface area contributed by atoms with Crippen LogP contribution in [0.5, 0.6) is 0 Å². The largest absolute Gasteiger partial charge is 0.381 e. The van der Waals surface area contributed by atoms with E-state index in [2.05, 4.69) is 0 Å². The number of rotatable bonds is 7. The molecular formula is C11H22FO4P. The summed E-state index contributed by atoms with van der Waals surface area (Å²) in [5, 5.41) is 0.